The number of carbonyl (C=O) groups excluding carboxylic acids is 2. The van der Waals surface area contributed by atoms with Crippen LogP contribution in [0, 0.1) is 0 Å². The van der Waals surface area contributed by atoms with Crippen LogP contribution in [0.5, 0.6) is 17.2 Å². The number of hydrogen-bond donors (Lipinski definition) is 3. The fourth-order valence-corrected chi connectivity index (χ4v) is 2.58. The van der Waals surface area contributed by atoms with E-state index in [1.807, 2.05) is 24.3 Å². The Labute approximate surface area is 198 Å². The molecular formula is C22H27ClN2O6S. The number of amides is 1. The quantitative estimate of drug-likeness (QED) is 0.157. The van der Waals surface area contributed by atoms with E-state index in [-0.39, 0.29) is 37.2 Å². The number of hydrogen-bond acceptors (Lipinski definition) is 8. The highest BCUT2D eigenvalue weighted by molar-refractivity contribution is 7.80. The molecule has 1 unspecified atom stereocenters. The molecule has 2 aromatic carbocycles. The number of nitrogens with two attached hydrogens (primary N) is 1. The smallest absolute Gasteiger partial charge is 0.497 e. The Hall–Kier alpha value is -2.88. The van der Waals surface area contributed by atoms with E-state index in [4.69, 9.17) is 24.7 Å². The highest BCUT2D eigenvalue weighted by Crippen LogP contribution is 2.24. The third-order valence-electron chi connectivity index (χ3n) is 4.08. The number of thiol groups is 1. The standard InChI is InChI=1S/C22H26N2O6S.ClH/c1-27-18-11-16(12-19(13-18)28-2)4-3-15-5-7-17(8-6-15)30-22(26)29-10-9-24-21(25)20(23)14-31;/h3-8,11-13,20,31H,9-10,14,23H2,1-2H3,(H,24,25);1H. The zero-order chi connectivity index (χ0) is 22.6. The zero-order valence-corrected chi connectivity index (χ0v) is 19.5. The molecular weight excluding hydrogens is 456 g/mol. The van der Waals surface area contributed by atoms with Crippen LogP contribution in [0.4, 0.5) is 4.79 Å². The first-order chi connectivity index (χ1) is 14.9. The van der Waals surface area contributed by atoms with Crippen LogP contribution in [0.25, 0.3) is 12.2 Å². The number of ether oxygens (including phenoxy) is 4. The summed E-state index contributed by atoms with van der Waals surface area (Å²) in [5.74, 6) is 1.61. The Morgan fingerprint density at radius 3 is 2.16 bits per heavy atom. The molecule has 10 heteroatoms. The van der Waals surface area contributed by atoms with Crippen LogP contribution in [0.15, 0.2) is 42.5 Å². The van der Waals surface area contributed by atoms with Crippen molar-refractivity contribution >= 4 is 49.3 Å². The normalized spacial score (nSPS) is 11.2. The molecule has 0 fully saturated rings. The molecule has 0 aromatic heterocycles. The minimum absolute atomic E-state index is 0. The van der Waals surface area contributed by atoms with Crippen LogP contribution in [-0.2, 0) is 9.53 Å². The van der Waals surface area contributed by atoms with Gasteiger partial charge in [0.05, 0.1) is 26.8 Å². The van der Waals surface area contributed by atoms with Crippen molar-refractivity contribution in [2.45, 2.75) is 6.04 Å². The van der Waals surface area contributed by atoms with Crippen molar-refractivity contribution in [1.82, 2.24) is 5.32 Å². The average Bonchev–Trinajstić information content (AvgIpc) is 2.80. The van der Waals surface area contributed by atoms with Gasteiger partial charge in [0.25, 0.3) is 0 Å². The van der Waals surface area contributed by atoms with Gasteiger partial charge in [-0.2, -0.15) is 12.6 Å². The third kappa shape index (κ3) is 9.09. The maximum Gasteiger partial charge on any atom is 0.513 e. The maximum atomic E-state index is 11.7. The molecule has 3 N–H and O–H groups in total. The predicted molar refractivity (Wildman–Crippen MR) is 129 cm³/mol. The minimum Gasteiger partial charge on any atom is -0.497 e. The Morgan fingerprint density at radius 2 is 1.59 bits per heavy atom. The van der Waals surface area contributed by atoms with Gasteiger partial charge in [0, 0.05) is 11.8 Å². The number of nitrogens with one attached hydrogen (secondary N) is 1. The van der Waals surface area contributed by atoms with E-state index in [2.05, 4.69) is 17.9 Å². The Kier molecular flexibility index (Phi) is 12.1. The van der Waals surface area contributed by atoms with E-state index in [1.165, 1.54) is 0 Å². The second kappa shape index (κ2) is 14.2. The fraction of sp³-hybridized carbons (Fsp3) is 0.273. The molecule has 0 bridgehead atoms. The minimum atomic E-state index is -0.862. The van der Waals surface area contributed by atoms with Gasteiger partial charge in [-0.25, -0.2) is 4.79 Å². The van der Waals surface area contributed by atoms with Crippen LogP contribution in [0.2, 0.25) is 0 Å². The number of carbonyl (C=O) groups is 2. The summed E-state index contributed by atoms with van der Waals surface area (Å²) in [5.41, 5.74) is 7.34. The Morgan fingerprint density at radius 1 is 1.00 bits per heavy atom. The Bertz CT molecular complexity index is 886. The van der Waals surface area contributed by atoms with Crippen LogP contribution in [0.1, 0.15) is 11.1 Å². The van der Waals surface area contributed by atoms with E-state index in [0.717, 1.165) is 11.1 Å². The molecule has 0 aliphatic heterocycles. The van der Waals surface area contributed by atoms with Gasteiger partial charge in [-0.05, 0) is 35.4 Å². The predicted octanol–water partition coefficient (Wildman–Crippen LogP) is 3.18. The van der Waals surface area contributed by atoms with E-state index in [1.54, 1.807) is 44.6 Å². The largest absolute Gasteiger partial charge is 0.513 e. The van der Waals surface area contributed by atoms with Crippen molar-refractivity contribution in [2.75, 3.05) is 33.1 Å². The van der Waals surface area contributed by atoms with Crippen LogP contribution < -0.4 is 25.3 Å². The molecule has 1 atom stereocenters. The van der Waals surface area contributed by atoms with Crippen molar-refractivity contribution in [3.8, 4) is 17.2 Å². The topological polar surface area (TPSA) is 109 Å². The van der Waals surface area contributed by atoms with E-state index < -0.39 is 12.2 Å². The highest BCUT2D eigenvalue weighted by atomic mass is 35.5. The van der Waals surface area contributed by atoms with E-state index >= 15 is 0 Å². The van der Waals surface area contributed by atoms with E-state index in [0.29, 0.717) is 17.2 Å². The van der Waals surface area contributed by atoms with Crippen molar-refractivity contribution in [3.63, 3.8) is 0 Å². The molecule has 174 valence electrons. The van der Waals surface area contributed by atoms with Gasteiger partial charge in [0.15, 0.2) is 0 Å². The van der Waals surface area contributed by atoms with Gasteiger partial charge in [-0.3, -0.25) is 4.79 Å². The number of halogens is 1. The summed E-state index contributed by atoms with van der Waals surface area (Å²) in [4.78, 5) is 23.2. The van der Waals surface area contributed by atoms with Gasteiger partial charge < -0.3 is 30.0 Å². The first-order valence-corrected chi connectivity index (χ1v) is 10.1. The second-order valence-corrected chi connectivity index (χ2v) is 6.69. The summed E-state index contributed by atoms with van der Waals surface area (Å²) in [6.07, 6.45) is 2.97. The number of benzene rings is 2. The van der Waals surface area contributed by atoms with Crippen molar-refractivity contribution in [3.05, 3.63) is 53.6 Å². The van der Waals surface area contributed by atoms with Gasteiger partial charge in [0.1, 0.15) is 23.9 Å². The molecule has 1 amide bonds. The van der Waals surface area contributed by atoms with Gasteiger partial charge in [-0.15, -0.1) is 12.4 Å². The summed E-state index contributed by atoms with van der Waals surface area (Å²) < 4.78 is 20.5. The van der Waals surface area contributed by atoms with Gasteiger partial charge in [0.2, 0.25) is 5.91 Å². The monoisotopic (exact) mass is 482 g/mol. The fourth-order valence-electron chi connectivity index (χ4n) is 2.41. The molecule has 0 heterocycles. The Balaban J connectivity index is 0.00000512. The lowest BCUT2D eigenvalue weighted by Crippen LogP contribution is -2.43. The molecule has 0 saturated carbocycles. The molecule has 0 aliphatic carbocycles. The average molecular weight is 483 g/mol. The molecule has 0 radical (unpaired) electrons. The third-order valence-corrected chi connectivity index (χ3v) is 4.47. The maximum absolute atomic E-state index is 11.7. The number of rotatable bonds is 10. The van der Waals surface area contributed by atoms with Crippen LogP contribution in [0.3, 0.4) is 0 Å². The summed E-state index contributed by atoms with van der Waals surface area (Å²) in [6.45, 7) is 0.100. The van der Waals surface area contributed by atoms with Crippen LogP contribution in [-0.4, -0.2) is 51.2 Å². The lowest BCUT2D eigenvalue weighted by Gasteiger charge is -2.10. The second-order valence-electron chi connectivity index (χ2n) is 6.33. The van der Waals surface area contributed by atoms with Crippen molar-refractivity contribution in [1.29, 1.82) is 0 Å². The van der Waals surface area contributed by atoms with Gasteiger partial charge in [-0.1, -0.05) is 24.3 Å². The lowest BCUT2D eigenvalue weighted by atomic mass is 10.1. The summed E-state index contributed by atoms with van der Waals surface area (Å²) in [6, 6.07) is 11.8. The van der Waals surface area contributed by atoms with Crippen LogP contribution >= 0.6 is 25.0 Å². The highest BCUT2D eigenvalue weighted by Gasteiger charge is 2.11. The van der Waals surface area contributed by atoms with Crippen molar-refractivity contribution < 1.29 is 28.5 Å². The van der Waals surface area contributed by atoms with Crippen molar-refractivity contribution in [2.24, 2.45) is 5.73 Å². The molecule has 2 rings (SSSR count). The summed E-state index contributed by atoms with van der Waals surface area (Å²) >= 11 is 3.94. The SMILES string of the molecule is COc1cc(C=Cc2ccc(OC(=O)OCCNC(=O)C(N)CS)cc2)cc(OC)c1.Cl. The molecule has 2 aromatic rings. The van der Waals surface area contributed by atoms with E-state index in [9.17, 15) is 9.59 Å². The molecule has 0 spiro atoms. The molecule has 0 saturated heterocycles. The van der Waals surface area contributed by atoms with Gasteiger partial charge >= 0.3 is 6.16 Å². The lowest BCUT2D eigenvalue weighted by molar-refractivity contribution is -0.122. The number of methoxy groups -OCH3 is 2. The summed E-state index contributed by atoms with van der Waals surface area (Å²) in [5, 5.41) is 2.53. The first kappa shape index (κ1) is 27.2. The summed E-state index contributed by atoms with van der Waals surface area (Å²) in [7, 11) is 3.20. The molecule has 32 heavy (non-hydrogen) atoms. The molecule has 8 nitrogen and oxygen atoms in total. The zero-order valence-electron chi connectivity index (χ0n) is 17.8. The molecule has 0 aliphatic rings. The first-order valence-electron chi connectivity index (χ1n) is 9.45.